The van der Waals surface area contributed by atoms with Gasteiger partial charge in [-0.3, -0.25) is 0 Å². The second kappa shape index (κ2) is 8.05. The molecule has 4 nitrogen and oxygen atoms in total. The quantitative estimate of drug-likeness (QED) is 0.287. The summed E-state index contributed by atoms with van der Waals surface area (Å²) in [4.78, 5) is 13.6. The summed E-state index contributed by atoms with van der Waals surface area (Å²) >= 11 is 12.7. The molecular weight excluding hydrogens is 451 g/mol. The highest BCUT2D eigenvalue weighted by atomic mass is 35.5. The summed E-state index contributed by atoms with van der Waals surface area (Å²) in [5, 5.41) is 0.867. The van der Waals surface area contributed by atoms with Crippen molar-refractivity contribution in [1.29, 1.82) is 0 Å². The molecule has 6 heteroatoms. The number of hydrogen-bond acceptors (Lipinski definition) is 4. The molecular formula is C27H24Cl2N4. The van der Waals surface area contributed by atoms with Crippen molar-refractivity contribution in [3.63, 3.8) is 0 Å². The number of halogens is 2. The Kier molecular flexibility index (Phi) is 5.31. The summed E-state index contributed by atoms with van der Waals surface area (Å²) in [6.45, 7) is 0. The van der Waals surface area contributed by atoms with Gasteiger partial charge >= 0.3 is 0 Å². The number of rotatable bonds is 4. The first-order chi connectivity index (χ1) is 15.8. The zero-order valence-electron chi connectivity index (χ0n) is 19.0. The predicted molar refractivity (Wildman–Crippen MR) is 138 cm³/mol. The molecule has 1 aliphatic rings. The van der Waals surface area contributed by atoms with E-state index < -0.39 is 5.41 Å². The Labute approximate surface area is 204 Å². The maximum atomic E-state index is 6.34. The van der Waals surface area contributed by atoms with Crippen LogP contribution in [0.1, 0.15) is 22.3 Å². The van der Waals surface area contributed by atoms with Crippen LogP contribution < -0.4 is 9.80 Å². The first-order valence-electron chi connectivity index (χ1n) is 10.7. The van der Waals surface area contributed by atoms with Crippen LogP contribution in [0.4, 0.5) is 11.4 Å². The van der Waals surface area contributed by atoms with Crippen LogP contribution in [0.5, 0.6) is 0 Å². The van der Waals surface area contributed by atoms with E-state index in [-0.39, 0.29) is 0 Å². The van der Waals surface area contributed by atoms with Gasteiger partial charge in [0.25, 0.3) is 0 Å². The van der Waals surface area contributed by atoms with Crippen molar-refractivity contribution in [3.05, 3.63) is 105 Å². The molecule has 4 aromatic rings. The number of pyridine rings is 2. The predicted octanol–water partition coefficient (Wildman–Crippen LogP) is 6.28. The highest BCUT2D eigenvalue weighted by Gasteiger charge is 2.48. The Morgan fingerprint density at radius 3 is 1.24 bits per heavy atom. The Bertz CT molecular complexity index is 1220. The van der Waals surface area contributed by atoms with Gasteiger partial charge in [0.05, 0.1) is 16.8 Å². The Balaban J connectivity index is 1.87. The van der Waals surface area contributed by atoms with Crippen LogP contribution in [0.25, 0.3) is 11.4 Å². The Morgan fingerprint density at radius 2 is 0.909 bits per heavy atom. The molecule has 0 saturated heterocycles. The van der Waals surface area contributed by atoms with Crippen molar-refractivity contribution >= 4 is 34.6 Å². The van der Waals surface area contributed by atoms with Crippen LogP contribution in [-0.2, 0) is 5.41 Å². The van der Waals surface area contributed by atoms with Crippen LogP contribution in [0, 0.1) is 0 Å². The Morgan fingerprint density at radius 1 is 0.545 bits per heavy atom. The van der Waals surface area contributed by atoms with Gasteiger partial charge in [0.1, 0.15) is 10.3 Å². The van der Waals surface area contributed by atoms with Crippen LogP contribution in [0.3, 0.4) is 0 Å². The molecule has 0 unspecified atom stereocenters. The molecule has 0 spiro atoms. The SMILES string of the molecule is CN(C)c1ccc(C2(c3ccc(N(C)C)cc3)c3ccc(Cl)nc3-c3nc(Cl)ccc32)cc1. The van der Waals surface area contributed by atoms with Crippen molar-refractivity contribution in [2.75, 3.05) is 38.0 Å². The van der Waals surface area contributed by atoms with E-state index in [9.17, 15) is 0 Å². The lowest BCUT2D eigenvalue weighted by Crippen LogP contribution is -2.29. The molecule has 5 rings (SSSR count). The van der Waals surface area contributed by atoms with E-state index >= 15 is 0 Å². The molecule has 0 N–H and O–H groups in total. The topological polar surface area (TPSA) is 32.3 Å². The summed E-state index contributed by atoms with van der Waals surface area (Å²) in [7, 11) is 8.18. The van der Waals surface area contributed by atoms with Crippen LogP contribution >= 0.6 is 23.2 Å². The van der Waals surface area contributed by atoms with Gasteiger partial charge in [0.15, 0.2) is 0 Å². The molecule has 1 aliphatic carbocycles. The van der Waals surface area contributed by atoms with Crippen LogP contribution in [0.15, 0.2) is 72.8 Å². The second-order valence-electron chi connectivity index (χ2n) is 8.69. The van der Waals surface area contributed by atoms with E-state index in [1.807, 2.05) is 40.3 Å². The summed E-state index contributed by atoms with van der Waals surface area (Å²) < 4.78 is 0. The second-order valence-corrected chi connectivity index (χ2v) is 9.47. The fraction of sp³-hybridized carbons (Fsp3) is 0.185. The van der Waals surface area contributed by atoms with Gasteiger partial charge in [-0.25, -0.2) is 9.97 Å². The molecule has 0 aliphatic heterocycles. The van der Waals surface area contributed by atoms with E-state index in [4.69, 9.17) is 33.2 Å². The lowest BCUT2D eigenvalue weighted by atomic mass is 9.68. The van der Waals surface area contributed by atoms with Gasteiger partial charge in [-0.1, -0.05) is 59.6 Å². The van der Waals surface area contributed by atoms with E-state index in [0.717, 1.165) is 45.0 Å². The van der Waals surface area contributed by atoms with Gasteiger partial charge in [-0.15, -0.1) is 0 Å². The van der Waals surface area contributed by atoms with Crippen molar-refractivity contribution in [3.8, 4) is 11.4 Å². The standard InChI is InChI=1S/C27H24Cl2N4/c1-32(2)19-9-5-17(6-10-19)27(18-7-11-20(12-8-18)33(3)4)21-13-15-23(28)30-25(21)26-22(27)14-16-24(29)31-26/h5-16H,1-4H3. The van der Waals surface area contributed by atoms with E-state index in [2.05, 4.69) is 70.5 Å². The molecule has 2 heterocycles. The number of anilines is 2. The largest absolute Gasteiger partial charge is 0.378 e. The first-order valence-corrected chi connectivity index (χ1v) is 11.5. The summed E-state index contributed by atoms with van der Waals surface area (Å²) in [6, 6.07) is 25.2. The highest BCUT2D eigenvalue weighted by Crippen LogP contribution is 2.55. The van der Waals surface area contributed by atoms with Crippen molar-refractivity contribution < 1.29 is 0 Å². The molecule has 33 heavy (non-hydrogen) atoms. The van der Waals surface area contributed by atoms with Crippen LogP contribution in [0.2, 0.25) is 10.3 Å². The fourth-order valence-corrected chi connectivity index (χ4v) is 5.08. The van der Waals surface area contributed by atoms with E-state index in [0.29, 0.717) is 10.3 Å². The minimum Gasteiger partial charge on any atom is -0.378 e. The molecule has 2 aromatic heterocycles. The van der Waals surface area contributed by atoms with Crippen LogP contribution in [-0.4, -0.2) is 38.2 Å². The van der Waals surface area contributed by atoms with Gasteiger partial charge in [0.2, 0.25) is 0 Å². The minimum absolute atomic E-state index is 0.434. The number of nitrogens with zero attached hydrogens (tertiary/aromatic N) is 4. The number of aromatic nitrogens is 2. The zero-order chi connectivity index (χ0) is 23.3. The first kappa shape index (κ1) is 21.7. The fourth-order valence-electron chi connectivity index (χ4n) is 4.79. The molecule has 0 bridgehead atoms. The summed E-state index contributed by atoms with van der Waals surface area (Å²) in [6.07, 6.45) is 0. The molecule has 0 saturated carbocycles. The van der Waals surface area contributed by atoms with Crippen molar-refractivity contribution in [2.24, 2.45) is 0 Å². The third kappa shape index (κ3) is 3.36. The molecule has 0 radical (unpaired) electrons. The van der Waals surface area contributed by atoms with E-state index in [1.165, 1.54) is 0 Å². The van der Waals surface area contributed by atoms with Gasteiger partial charge in [-0.2, -0.15) is 0 Å². The van der Waals surface area contributed by atoms with Gasteiger partial charge in [0, 0.05) is 39.6 Å². The smallest absolute Gasteiger partial charge is 0.129 e. The minimum atomic E-state index is -0.588. The zero-order valence-corrected chi connectivity index (χ0v) is 20.5. The summed E-state index contributed by atoms with van der Waals surface area (Å²) in [5.74, 6) is 0. The number of benzene rings is 2. The van der Waals surface area contributed by atoms with Crippen molar-refractivity contribution in [2.45, 2.75) is 5.41 Å². The Hall–Kier alpha value is -3.08. The van der Waals surface area contributed by atoms with Crippen molar-refractivity contribution in [1.82, 2.24) is 9.97 Å². The molecule has 2 aromatic carbocycles. The monoisotopic (exact) mass is 474 g/mol. The van der Waals surface area contributed by atoms with Gasteiger partial charge in [-0.05, 0) is 58.7 Å². The average molecular weight is 475 g/mol. The lowest BCUT2D eigenvalue weighted by molar-refractivity contribution is 0.764. The molecule has 166 valence electrons. The maximum Gasteiger partial charge on any atom is 0.129 e. The summed E-state index contributed by atoms with van der Waals surface area (Å²) in [5.41, 5.74) is 7.60. The molecule has 0 atom stereocenters. The molecule has 0 amide bonds. The molecule has 0 fully saturated rings. The number of fused-ring (bicyclic) bond motifs is 3. The highest BCUT2D eigenvalue weighted by molar-refractivity contribution is 6.30. The maximum absolute atomic E-state index is 6.34. The normalized spacial score (nSPS) is 13.4. The average Bonchev–Trinajstić information content (AvgIpc) is 3.09. The van der Waals surface area contributed by atoms with Gasteiger partial charge < -0.3 is 9.80 Å². The third-order valence-corrected chi connectivity index (χ3v) is 6.81. The number of hydrogen-bond donors (Lipinski definition) is 0. The van der Waals surface area contributed by atoms with E-state index in [1.54, 1.807) is 0 Å². The third-order valence-electron chi connectivity index (χ3n) is 6.39. The lowest BCUT2D eigenvalue weighted by Gasteiger charge is -2.34.